The van der Waals surface area contributed by atoms with Gasteiger partial charge in [0, 0.05) is 23.7 Å². The van der Waals surface area contributed by atoms with Gasteiger partial charge in [0.1, 0.15) is 6.07 Å². The van der Waals surface area contributed by atoms with Crippen LogP contribution in [0.25, 0.3) is 0 Å². The van der Waals surface area contributed by atoms with Gasteiger partial charge >= 0.3 is 0 Å². The van der Waals surface area contributed by atoms with Crippen molar-refractivity contribution in [3.63, 3.8) is 0 Å². The summed E-state index contributed by atoms with van der Waals surface area (Å²) < 4.78 is 0. The van der Waals surface area contributed by atoms with E-state index in [1.165, 1.54) is 0 Å². The van der Waals surface area contributed by atoms with E-state index in [4.69, 9.17) is 11.0 Å². The van der Waals surface area contributed by atoms with Gasteiger partial charge in [-0.05, 0) is 18.2 Å². The zero-order valence-electron chi connectivity index (χ0n) is 9.07. The minimum absolute atomic E-state index is 0.520. The van der Waals surface area contributed by atoms with Crippen molar-refractivity contribution in [2.75, 3.05) is 29.1 Å². The average Bonchev–Trinajstić information content (AvgIpc) is 2.29. The molecule has 16 heavy (non-hydrogen) atoms. The first-order chi connectivity index (χ1) is 7.77. The van der Waals surface area contributed by atoms with E-state index in [0.717, 1.165) is 23.7 Å². The van der Waals surface area contributed by atoms with Crippen LogP contribution in [0.2, 0.25) is 0 Å². The minimum Gasteiger partial charge on any atom is -0.398 e. The number of thioether (sulfide) groups is 1. The molecule has 0 fully saturated rings. The molecule has 0 heterocycles. The number of nitrogen functional groups attached to an aromatic ring is 1. The Kier molecular flexibility index (Phi) is 5.30. The molecule has 0 unspecified atom stereocenters. The highest BCUT2D eigenvalue weighted by molar-refractivity contribution is 7.99. The molecule has 0 bridgehead atoms. The Morgan fingerprint density at radius 3 is 3.00 bits per heavy atom. The smallest absolute Gasteiger partial charge is 0.101 e. The summed E-state index contributed by atoms with van der Waals surface area (Å²) in [7, 11) is 0. The Morgan fingerprint density at radius 1 is 1.56 bits per heavy atom. The summed E-state index contributed by atoms with van der Waals surface area (Å²) in [4.78, 5) is 0. The van der Waals surface area contributed by atoms with E-state index in [2.05, 4.69) is 11.9 Å². The maximum atomic E-state index is 8.72. The first-order valence-electron chi connectivity index (χ1n) is 5.00. The molecule has 0 amide bonds. The number of benzene rings is 1. The molecule has 1 rings (SSSR count). The molecular weight excluding hydrogens is 218 g/mol. The minimum atomic E-state index is 0.520. The number of hydrogen-bond acceptors (Lipinski definition) is 4. The largest absolute Gasteiger partial charge is 0.398 e. The van der Waals surface area contributed by atoms with E-state index in [-0.39, 0.29) is 0 Å². The van der Waals surface area contributed by atoms with Crippen molar-refractivity contribution in [1.29, 1.82) is 5.26 Å². The first-order valence-corrected chi connectivity index (χ1v) is 6.15. The van der Waals surface area contributed by atoms with Gasteiger partial charge in [0.15, 0.2) is 0 Å². The van der Waals surface area contributed by atoms with Crippen LogP contribution in [-0.2, 0) is 0 Å². The summed E-state index contributed by atoms with van der Waals surface area (Å²) in [5.41, 5.74) is 7.70. The molecule has 0 aliphatic heterocycles. The van der Waals surface area contributed by atoms with E-state index in [9.17, 15) is 0 Å². The molecule has 1 aromatic carbocycles. The van der Waals surface area contributed by atoms with Crippen LogP contribution in [0.5, 0.6) is 0 Å². The van der Waals surface area contributed by atoms with E-state index in [1.807, 2.05) is 30.0 Å². The third-order valence-electron chi connectivity index (χ3n) is 1.98. The summed E-state index contributed by atoms with van der Waals surface area (Å²) in [5.74, 6) is 1.99. The normalized spacial score (nSPS) is 9.44. The number of rotatable bonds is 6. The molecule has 0 aromatic heterocycles. The second kappa shape index (κ2) is 6.81. The molecule has 0 saturated heterocycles. The fourth-order valence-electron chi connectivity index (χ4n) is 1.21. The lowest BCUT2D eigenvalue weighted by Crippen LogP contribution is -2.05. The van der Waals surface area contributed by atoms with Gasteiger partial charge in [-0.15, -0.1) is 6.58 Å². The molecule has 1 aromatic rings. The van der Waals surface area contributed by atoms with Crippen LogP contribution in [0.3, 0.4) is 0 Å². The molecule has 3 nitrogen and oxygen atoms in total. The maximum Gasteiger partial charge on any atom is 0.101 e. The molecule has 0 saturated carbocycles. The zero-order valence-corrected chi connectivity index (χ0v) is 9.89. The number of hydrogen-bond donors (Lipinski definition) is 2. The van der Waals surface area contributed by atoms with Gasteiger partial charge in [-0.25, -0.2) is 0 Å². The number of nitriles is 1. The van der Waals surface area contributed by atoms with E-state index >= 15 is 0 Å². The predicted octanol–water partition coefficient (Wildman–Crippen LogP) is 2.47. The van der Waals surface area contributed by atoms with Gasteiger partial charge < -0.3 is 11.1 Å². The molecule has 0 aliphatic rings. The third-order valence-corrected chi connectivity index (χ3v) is 2.95. The Morgan fingerprint density at radius 2 is 2.38 bits per heavy atom. The summed E-state index contributed by atoms with van der Waals surface area (Å²) >= 11 is 1.82. The van der Waals surface area contributed by atoms with Crippen LogP contribution < -0.4 is 11.1 Å². The molecule has 0 radical (unpaired) electrons. The summed E-state index contributed by atoms with van der Waals surface area (Å²) in [6.45, 7) is 4.54. The molecule has 84 valence electrons. The predicted molar refractivity (Wildman–Crippen MR) is 71.6 cm³/mol. The van der Waals surface area contributed by atoms with Crippen molar-refractivity contribution < 1.29 is 0 Å². The van der Waals surface area contributed by atoms with Crippen LogP contribution in [-0.4, -0.2) is 18.1 Å². The fraction of sp³-hybridized carbons (Fsp3) is 0.250. The summed E-state index contributed by atoms with van der Waals surface area (Å²) in [6.07, 6.45) is 1.89. The lowest BCUT2D eigenvalue weighted by Gasteiger charge is -2.07. The van der Waals surface area contributed by atoms with Crippen molar-refractivity contribution >= 4 is 23.1 Å². The van der Waals surface area contributed by atoms with Crippen molar-refractivity contribution in [3.8, 4) is 6.07 Å². The van der Waals surface area contributed by atoms with Gasteiger partial charge in [0.2, 0.25) is 0 Å². The topological polar surface area (TPSA) is 61.8 Å². The molecule has 0 atom stereocenters. The van der Waals surface area contributed by atoms with E-state index in [1.54, 1.807) is 12.1 Å². The Balaban J connectivity index is 2.40. The maximum absolute atomic E-state index is 8.72. The lowest BCUT2D eigenvalue weighted by atomic mass is 10.2. The van der Waals surface area contributed by atoms with Gasteiger partial charge in [0.05, 0.1) is 11.3 Å². The molecule has 3 N–H and O–H groups in total. The molecular formula is C12H15N3S. The van der Waals surface area contributed by atoms with E-state index in [0.29, 0.717) is 11.3 Å². The van der Waals surface area contributed by atoms with Crippen molar-refractivity contribution in [1.82, 2.24) is 0 Å². The number of anilines is 2. The average molecular weight is 233 g/mol. The first kappa shape index (κ1) is 12.5. The fourth-order valence-corrected chi connectivity index (χ4v) is 1.79. The monoisotopic (exact) mass is 233 g/mol. The molecule has 0 spiro atoms. The van der Waals surface area contributed by atoms with Crippen LogP contribution >= 0.6 is 11.8 Å². The van der Waals surface area contributed by atoms with E-state index < -0.39 is 0 Å². The van der Waals surface area contributed by atoms with Crippen molar-refractivity contribution in [3.05, 3.63) is 36.4 Å². The van der Waals surface area contributed by atoms with Gasteiger partial charge in [-0.3, -0.25) is 0 Å². The van der Waals surface area contributed by atoms with Crippen LogP contribution in [0.15, 0.2) is 30.9 Å². The number of nitrogens with one attached hydrogen (secondary N) is 1. The lowest BCUT2D eigenvalue weighted by molar-refractivity contribution is 1.23. The Labute approximate surface area is 100 Å². The highest BCUT2D eigenvalue weighted by Crippen LogP contribution is 2.17. The second-order valence-corrected chi connectivity index (χ2v) is 4.35. The molecule has 0 aliphatic carbocycles. The van der Waals surface area contributed by atoms with Crippen molar-refractivity contribution in [2.45, 2.75) is 0 Å². The number of nitrogens with zero attached hydrogens (tertiary/aromatic N) is 1. The van der Waals surface area contributed by atoms with Gasteiger partial charge in [-0.2, -0.15) is 17.0 Å². The highest BCUT2D eigenvalue weighted by Gasteiger charge is 1.98. The standard InChI is InChI=1S/C12H15N3S/c1-2-6-16-7-5-15-11-4-3-10(9-13)12(14)8-11/h2-4,8,15H,1,5-7,14H2. The van der Waals surface area contributed by atoms with Crippen LogP contribution in [0.4, 0.5) is 11.4 Å². The number of nitrogens with two attached hydrogens (primary N) is 1. The van der Waals surface area contributed by atoms with Gasteiger partial charge in [0.25, 0.3) is 0 Å². The molecule has 4 heteroatoms. The Bertz CT molecular complexity index is 396. The van der Waals surface area contributed by atoms with Crippen LogP contribution in [0.1, 0.15) is 5.56 Å². The van der Waals surface area contributed by atoms with Gasteiger partial charge in [-0.1, -0.05) is 6.08 Å². The third kappa shape index (κ3) is 3.87. The zero-order chi connectivity index (χ0) is 11.8. The Hall–Kier alpha value is -1.60. The van der Waals surface area contributed by atoms with Crippen molar-refractivity contribution in [2.24, 2.45) is 0 Å². The summed E-state index contributed by atoms with van der Waals surface area (Å²) in [6, 6.07) is 7.43. The second-order valence-electron chi connectivity index (χ2n) is 3.20. The highest BCUT2D eigenvalue weighted by atomic mass is 32.2. The summed E-state index contributed by atoms with van der Waals surface area (Å²) in [5, 5.41) is 12.0. The SMILES string of the molecule is C=CCSCCNc1ccc(C#N)c(N)c1. The van der Waals surface area contributed by atoms with Crippen LogP contribution in [0, 0.1) is 11.3 Å². The quantitative estimate of drug-likeness (QED) is 0.450.